The molecule has 5 nitrogen and oxygen atoms in total. The Bertz CT molecular complexity index is 885. The Morgan fingerprint density at radius 1 is 1.16 bits per heavy atom. The number of aromatic nitrogens is 2. The average Bonchev–Trinajstić information content (AvgIpc) is 3.02. The van der Waals surface area contributed by atoms with Crippen LogP contribution in [0.25, 0.3) is 0 Å². The molecule has 0 radical (unpaired) electrons. The van der Waals surface area contributed by atoms with Crippen molar-refractivity contribution in [3.8, 4) is 5.75 Å². The molecule has 0 fully saturated rings. The lowest BCUT2D eigenvalue weighted by molar-refractivity contribution is -0.116. The van der Waals surface area contributed by atoms with Gasteiger partial charge in [0.2, 0.25) is 5.91 Å². The predicted molar refractivity (Wildman–Crippen MR) is 95.5 cm³/mol. The third-order valence-corrected chi connectivity index (χ3v) is 4.52. The number of ether oxygens (including phenoxy) is 1. The van der Waals surface area contributed by atoms with Crippen LogP contribution < -0.4 is 10.1 Å². The lowest BCUT2D eigenvalue weighted by atomic mass is 9.87. The van der Waals surface area contributed by atoms with Crippen LogP contribution in [-0.4, -0.2) is 15.7 Å². The van der Waals surface area contributed by atoms with Crippen molar-refractivity contribution < 1.29 is 9.53 Å². The summed E-state index contributed by atoms with van der Waals surface area (Å²) in [5.74, 6) is 1.65. The Morgan fingerprint density at radius 3 is 2.68 bits per heavy atom. The van der Waals surface area contributed by atoms with Gasteiger partial charge < -0.3 is 10.1 Å². The third-order valence-electron chi connectivity index (χ3n) is 4.52. The molecule has 0 spiro atoms. The summed E-state index contributed by atoms with van der Waals surface area (Å²) >= 11 is 0. The van der Waals surface area contributed by atoms with E-state index in [9.17, 15) is 4.79 Å². The number of fused-ring (bicyclic) bond motifs is 1. The van der Waals surface area contributed by atoms with Gasteiger partial charge >= 0.3 is 0 Å². The number of hydrogen-bond acceptors (Lipinski definition) is 3. The van der Waals surface area contributed by atoms with Crippen molar-refractivity contribution in [2.45, 2.75) is 18.9 Å². The Balaban J connectivity index is 1.51. The van der Waals surface area contributed by atoms with Gasteiger partial charge in [0, 0.05) is 24.9 Å². The van der Waals surface area contributed by atoms with Crippen molar-refractivity contribution in [1.29, 1.82) is 0 Å². The summed E-state index contributed by atoms with van der Waals surface area (Å²) in [7, 11) is 1.84. The van der Waals surface area contributed by atoms with E-state index in [1.54, 1.807) is 4.68 Å². The molecule has 5 heteroatoms. The van der Waals surface area contributed by atoms with E-state index in [2.05, 4.69) is 10.4 Å². The van der Waals surface area contributed by atoms with E-state index in [4.69, 9.17) is 4.74 Å². The van der Waals surface area contributed by atoms with Gasteiger partial charge in [-0.15, -0.1) is 0 Å². The summed E-state index contributed by atoms with van der Waals surface area (Å²) in [6.45, 7) is 0.540. The Kier molecular flexibility index (Phi) is 3.98. The number of carbonyl (C=O) groups excluding carboxylic acids is 1. The normalized spacial score (nSPS) is 16.2. The van der Waals surface area contributed by atoms with Crippen LogP contribution in [0, 0.1) is 0 Å². The minimum atomic E-state index is 0.0190. The van der Waals surface area contributed by atoms with Gasteiger partial charge in [-0.1, -0.05) is 42.5 Å². The molecule has 3 aromatic rings. The van der Waals surface area contributed by atoms with Crippen molar-refractivity contribution in [3.63, 3.8) is 0 Å². The topological polar surface area (TPSA) is 56.2 Å². The van der Waals surface area contributed by atoms with E-state index in [1.165, 1.54) is 0 Å². The summed E-state index contributed by atoms with van der Waals surface area (Å²) < 4.78 is 7.54. The number of hydrogen-bond donors (Lipinski definition) is 1. The highest BCUT2D eigenvalue weighted by molar-refractivity contribution is 5.94. The van der Waals surface area contributed by atoms with Crippen LogP contribution in [0.2, 0.25) is 0 Å². The quantitative estimate of drug-likeness (QED) is 0.795. The van der Waals surface area contributed by atoms with Crippen LogP contribution in [-0.2, 0) is 18.4 Å². The SMILES string of the molecule is Cn1ncc2c1NC(=O)C[C@H]2c1ccc(OCc2ccccc2)cc1. The number of anilines is 1. The second kappa shape index (κ2) is 6.43. The third kappa shape index (κ3) is 3.13. The molecule has 25 heavy (non-hydrogen) atoms. The van der Waals surface area contributed by atoms with E-state index >= 15 is 0 Å². The second-order valence-corrected chi connectivity index (χ2v) is 6.22. The first-order valence-electron chi connectivity index (χ1n) is 8.29. The zero-order chi connectivity index (χ0) is 17.2. The maximum absolute atomic E-state index is 12.0. The number of amides is 1. The minimum Gasteiger partial charge on any atom is -0.489 e. The Labute approximate surface area is 146 Å². The van der Waals surface area contributed by atoms with Crippen molar-refractivity contribution in [2.24, 2.45) is 7.05 Å². The van der Waals surface area contributed by atoms with Gasteiger partial charge in [-0.2, -0.15) is 5.10 Å². The average molecular weight is 333 g/mol. The van der Waals surface area contributed by atoms with E-state index in [1.807, 2.05) is 67.8 Å². The van der Waals surface area contributed by atoms with E-state index < -0.39 is 0 Å². The molecule has 1 atom stereocenters. The molecule has 1 aliphatic heterocycles. The van der Waals surface area contributed by atoms with Crippen LogP contribution >= 0.6 is 0 Å². The molecule has 0 saturated heterocycles. The van der Waals surface area contributed by atoms with Crippen molar-refractivity contribution >= 4 is 11.7 Å². The molecule has 0 unspecified atom stereocenters. The molecule has 4 rings (SSSR count). The standard InChI is InChI=1S/C20H19N3O2/c1-23-20-18(12-21-23)17(11-19(24)22-20)15-7-9-16(10-8-15)25-13-14-5-3-2-4-6-14/h2-10,12,17H,11,13H2,1H3,(H,22,24)/t17-/m0/s1. The first kappa shape index (κ1) is 15.4. The van der Waals surface area contributed by atoms with Crippen LogP contribution in [0.5, 0.6) is 5.75 Å². The number of nitrogens with zero attached hydrogens (tertiary/aromatic N) is 2. The van der Waals surface area contributed by atoms with E-state index in [0.717, 1.165) is 28.3 Å². The molecule has 126 valence electrons. The van der Waals surface area contributed by atoms with Gasteiger partial charge in [0.25, 0.3) is 0 Å². The zero-order valence-corrected chi connectivity index (χ0v) is 14.0. The lowest BCUT2D eigenvalue weighted by Crippen LogP contribution is -2.24. The molecule has 1 aromatic heterocycles. The molecule has 1 N–H and O–H groups in total. The van der Waals surface area contributed by atoms with Gasteiger partial charge in [-0.05, 0) is 23.3 Å². The van der Waals surface area contributed by atoms with Crippen molar-refractivity contribution in [1.82, 2.24) is 9.78 Å². The fourth-order valence-corrected chi connectivity index (χ4v) is 3.18. The van der Waals surface area contributed by atoms with Crippen LogP contribution in [0.1, 0.15) is 29.0 Å². The predicted octanol–water partition coefficient (Wildman–Crippen LogP) is 3.47. The van der Waals surface area contributed by atoms with Gasteiger partial charge in [0.05, 0.1) is 6.20 Å². The van der Waals surface area contributed by atoms with Crippen LogP contribution in [0.4, 0.5) is 5.82 Å². The highest BCUT2D eigenvalue weighted by atomic mass is 16.5. The molecule has 0 saturated carbocycles. The number of aryl methyl sites for hydroxylation is 1. The first-order valence-corrected chi connectivity index (χ1v) is 8.29. The molecular weight excluding hydrogens is 314 g/mol. The first-order chi connectivity index (χ1) is 12.2. The van der Waals surface area contributed by atoms with Crippen LogP contribution in [0.3, 0.4) is 0 Å². The summed E-state index contributed by atoms with van der Waals surface area (Å²) in [5.41, 5.74) is 3.28. The van der Waals surface area contributed by atoms with Gasteiger partial charge in [0.15, 0.2) is 0 Å². The smallest absolute Gasteiger partial charge is 0.226 e. The van der Waals surface area contributed by atoms with E-state index in [0.29, 0.717) is 13.0 Å². The number of rotatable bonds is 4. The zero-order valence-electron chi connectivity index (χ0n) is 14.0. The molecule has 2 aromatic carbocycles. The molecular formula is C20H19N3O2. The fraction of sp³-hybridized carbons (Fsp3) is 0.200. The summed E-state index contributed by atoms with van der Waals surface area (Å²) in [6.07, 6.45) is 2.27. The maximum Gasteiger partial charge on any atom is 0.226 e. The largest absolute Gasteiger partial charge is 0.489 e. The van der Waals surface area contributed by atoms with E-state index in [-0.39, 0.29) is 11.8 Å². The van der Waals surface area contributed by atoms with Gasteiger partial charge in [-0.3, -0.25) is 9.48 Å². The molecule has 0 bridgehead atoms. The summed E-state index contributed by atoms with van der Waals surface area (Å²) in [4.78, 5) is 12.0. The lowest BCUT2D eigenvalue weighted by Gasteiger charge is -2.23. The Morgan fingerprint density at radius 2 is 1.92 bits per heavy atom. The summed E-state index contributed by atoms with van der Waals surface area (Å²) in [5, 5.41) is 7.16. The van der Waals surface area contributed by atoms with Crippen LogP contribution in [0.15, 0.2) is 60.8 Å². The van der Waals surface area contributed by atoms with Gasteiger partial charge in [-0.25, -0.2) is 0 Å². The molecule has 1 aliphatic rings. The van der Waals surface area contributed by atoms with Crippen molar-refractivity contribution in [3.05, 3.63) is 77.5 Å². The molecule has 1 amide bonds. The van der Waals surface area contributed by atoms with Crippen molar-refractivity contribution in [2.75, 3.05) is 5.32 Å². The maximum atomic E-state index is 12.0. The number of carbonyl (C=O) groups is 1. The minimum absolute atomic E-state index is 0.0190. The number of nitrogens with one attached hydrogen (secondary N) is 1. The highest BCUT2D eigenvalue weighted by Gasteiger charge is 2.29. The molecule has 2 heterocycles. The van der Waals surface area contributed by atoms with Gasteiger partial charge in [0.1, 0.15) is 18.2 Å². The fourth-order valence-electron chi connectivity index (χ4n) is 3.18. The summed E-state index contributed by atoms with van der Waals surface area (Å²) in [6, 6.07) is 18.0. The monoisotopic (exact) mass is 333 g/mol. The molecule has 0 aliphatic carbocycles. The number of benzene rings is 2. The highest BCUT2D eigenvalue weighted by Crippen LogP contribution is 2.37. The second-order valence-electron chi connectivity index (χ2n) is 6.22. The Hall–Kier alpha value is -3.08.